The Morgan fingerprint density at radius 3 is 2.56 bits per heavy atom. The van der Waals surface area contributed by atoms with Crippen LogP contribution in [0.1, 0.15) is 65.7 Å². The molecule has 0 aromatic heterocycles. The Hall–Kier alpha value is -0.0800. The van der Waals surface area contributed by atoms with Gasteiger partial charge >= 0.3 is 0 Å². The van der Waals surface area contributed by atoms with E-state index in [0.717, 1.165) is 12.0 Å². The maximum atomic E-state index is 3.79. The maximum Gasteiger partial charge on any atom is 0.0223 e. The Labute approximate surface area is 114 Å². The topological polar surface area (TPSA) is 15.3 Å². The largest absolute Gasteiger partial charge is 0.311 e. The van der Waals surface area contributed by atoms with Crippen LogP contribution in [0.2, 0.25) is 0 Å². The molecule has 1 saturated heterocycles. The third kappa shape index (κ3) is 3.48. The molecule has 0 radical (unpaired) electrons. The molecule has 0 spiro atoms. The van der Waals surface area contributed by atoms with Crippen molar-refractivity contribution >= 4 is 0 Å². The first kappa shape index (κ1) is 14.3. The lowest BCUT2D eigenvalue weighted by Crippen LogP contribution is -2.59. The molecule has 1 atom stereocenters. The van der Waals surface area contributed by atoms with E-state index in [-0.39, 0.29) is 0 Å². The molecule has 0 bridgehead atoms. The van der Waals surface area contributed by atoms with Gasteiger partial charge in [0.05, 0.1) is 0 Å². The minimum atomic E-state index is 0.393. The van der Waals surface area contributed by atoms with Gasteiger partial charge in [-0.1, -0.05) is 32.6 Å². The van der Waals surface area contributed by atoms with Crippen molar-refractivity contribution in [1.29, 1.82) is 0 Å². The van der Waals surface area contributed by atoms with Crippen LogP contribution in [0.25, 0.3) is 0 Å². The fourth-order valence-electron chi connectivity index (χ4n) is 3.95. The highest BCUT2D eigenvalue weighted by molar-refractivity contribution is 4.91. The van der Waals surface area contributed by atoms with E-state index in [9.17, 15) is 0 Å². The van der Waals surface area contributed by atoms with Crippen LogP contribution in [0.3, 0.4) is 0 Å². The standard InChI is InChI=1S/C16H32N2/c1-4-10-16(2,3)18-12-11-17-15(13-18)14-8-6-5-7-9-14/h14-15,17H,4-13H2,1-3H3. The summed E-state index contributed by atoms with van der Waals surface area (Å²) in [4.78, 5) is 2.74. The molecule has 2 aliphatic rings. The molecule has 1 saturated carbocycles. The zero-order valence-electron chi connectivity index (χ0n) is 12.7. The van der Waals surface area contributed by atoms with E-state index in [4.69, 9.17) is 0 Å². The Bertz CT molecular complexity index is 243. The van der Waals surface area contributed by atoms with Crippen LogP contribution < -0.4 is 5.32 Å². The fourth-order valence-corrected chi connectivity index (χ4v) is 3.95. The van der Waals surface area contributed by atoms with Crippen LogP contribution in [-0.4, -0.2) is 36.1 Å². The second kappa shape index (κ2) is 6.38. The van der Waals surface area contributed by atoms with Crippen molar-refractivity contribution in [3.63, 3.8) is 0 Å². The van der Waals surface area contributed by atoms with Crippen molar-refractivity contribution in [3.05, 3.63) is 0 Å². The van der Waals surface area contributed by atoms with E-state index in [1.807, 2.05) is 0 Å². The number of hydrogen-bond acceptors (Lipinski definition) is 2. The number of piperazine rings is 1. The van der Waals surface area contributed by atoms with Gasteiger partial charge in [-0.2, -0.15) is 0 Å². The predicted octanol–water partition coefficient (Wildman–Crippen LogP) is 3.42. The van der Waals surface area contributed by atoms with Crippen LogP contribution in [-0.2, 0) is 0 Å². The van der Waals surface area contributed by atoms with Gasteiger partial charge in [-0.25, -0.2) is 0 Å². The number of rotatable bonds is 4. The quantitative estimate of drug-likeness (QED) is 0.825. The van der Waals surface area contributed by atoms with Gasteiger partial charge in [-0.05, 0) is 39.0 Å². The third-order valence-corrected chi connectivity index (χ3v) is 5.14. The van der Waals surface area contributed by atoms with E-state index in [2.05, 4.69) is 31.0 Å². The summed E-state index contributed by atoms with van der Waals surface area (Å²) in [5.74, 6) is 0.943. The second-order valence-corrected chi connectivity index (χ2v) is 6.97. The van der Waals surface area contributed by atoms with Crippen molar-refractivity contribution in [3.8, 4) is 0 Å². The minimum Gasteiger partial charge on any atom is -0.311 e. The lowest BCUT2D eigenvalue weighted by atomic mass is 9.82. The molecule has 0 amide bonds. The molecule has 2 rings (SSSR count). The van der Waals surface area contributed by atoms with E-state index >= 15 is 0 Å². The highest BCUT2D eigenvalue weighted by Crippen LogP contribution is 2.30. The van der Waals surface area contributed by atoms with Gasteiger partial charge in [-0.3, -0.25) is 4.90 Å². The highest BCUT2D eigenvalue weighted by Gasteiger charge is 2.33. The normalized spacial score (nSPS) is 28.5. The number of nitrogens with zero attached hydrogens (tertiary/aromatic N) is 1. The number of hydrogen-bond donors (Lipinski definition) is 1. The Morgan fingerprint density at radius 2 is 1.89 bits per heavy atom. The summed E-state index contributed by atoms with van der Waals surface area (Å²) in [6.45, 7) is 10.9. The first-order valence-electron chi connectivity index (χ1n) is 8.12. The van der Waals surface area contributed by atoms with E-state index in [1.165, 1.54) is 64.6 Å². The SMILES string of the molecule is CCCC(C)(C)N1CCNC(C2CCCCC2)C1. The van der Waals surface area contributed by atoms with Gasteiger partial charge in [-0.15, -0.1) is 0 Å². The van der Waals surface area contributed by atoms with Crippen molar-refractivity contribution in [2.24, 2.45) is 5.92 Å². The zero-order chi connectivity index (χ0) is 13.0. The summed E-state index contributed by atoms with van der Waals surface area (Å²) in [5, 5.41) is 3.79. The van der Waals surface area contributed by atoms with Crippen LogP contribution >= 0.6 is 0 Å². The molecule has 0 aromatic rings. The van der Waals surface area contributed by atoms with Crippen LogP contribution in [0.5, 0.6) is 0 Å². The fraction of sp³-hybridized carbons (Fsp3) is 1.00. The average molecular weight is 252 g/mol. The smallest absolute Gasteiger partial charge is 0.0223 e. The third-order valence-electron chi connectivity index (χ3n) is 5.14. The molecule has 1 N–H and O–H groups in total. The van der Waals surface area contributed by atoms with Gasteiger partial charge in [0.1, 0.15) is 0 Å². The first-order valence-corrected chi connectivity index (χ1v) is 8.12. The predicted molar refractivity (Wildman–Crippen MR) is 78.9 cm³/mol. The molecule has 1 unspecified atom stereocenters. The molecular weight excluding hydrogens is 220 g/mol. The van der Waals surface area contributed by atoms with Crippen LogP contribution in [0.15, 0.2) is 0 Å². The molecule has 2 nitrogen and oxygen atoms in total. The summed E-state index contributed by atoms with van der Waals surface area (Å²) in [7, 11) is 0. The monoisotopic (exact) mass is 252 g/mol. The molecule has 1 heterocycles. The van der Waals surface area contributed by atoms with Gasteiger partial charge in [0.2, 0.25) is 0 Å². The number of nitrogens with one attached hydrogen (secondary N) is 1. The van der Waals surface area contributed by atoms with Crippen molar-refractivity contribution < 1.29 is 0 Å². The summed E-state index contributed by atoms with van der Waals surface area (Å²) in [5.41, 5.74) is 0.393. The van der Waals surface area contributed by atoms with Gasteiger partial charge in [0.25, 0.3) is 0 Å². The maximum absolute atomic E-state index is 3.79. The molecule has 1 aliphatic carbocycles. The van der Waals surface area contributed by atoms with E-state index < -0.39 is 0 Å². The molecule has 106 valence electrons. The Kier molecular flexibility index (Phi) is 5.08. The molecular formula is C16H32N2. The summed E-state index contributed by atoms with van der Waals surface area (Å²) in [6, 6.07) is 0.759. The zero-order valence-corrected chi connectivity index (χ0v) is 12.7. The minimum absolute atomic E-state index is 0.393. The van der Waals surface area contributed by atoms with Crippen molar-refractivity contribution in [1.82, 2.24) is 10.2 Å². The molecule has 18 heavy (non-hydrogen) atoms. The molecule has 2 fully saturated rings. The lowest BCUT2D eigenvalue weighted by molar-refractivity contribution is 0.0552. The van der Waals surface area contributed by atoms with Crippen molar-refractivity contribution in [2.45, 2.75) is 77.3 Å². The Morgan fingerprint density at radius 1 is 1.17 bits per heavy atom. The summed E-state index contributed by atoms with van der Waals surface area (Å²) in [6.07, 6.45) is 9.92. The van der Waals surface area contributed by atoms with Gasteiger partial charge < -0.3 is 5.32 Å². The highest BCUT2D eigenvalue weighted by atomic mass is 15.2. The lowest BCUT2D eigenvalue weighted by Gasteiger charge is -2.46. The Balaban J connectivity index is 1.91. The molecule has 2 heteroatoms. The van der Waals surface area contributed by atoms with Crippen LogP contribution in [0.4, 0.5) is 0 Å². The first-order chi connectivity index (χ1) is 8.63. The van der Waals surface area contributed by atoms with Gasteiger partial charge in [0.15, 0.2) is 0 Å². The van der Waals surface area contributed by atoms with E-state index in [1.54, 1.807) is 0 Å². The second-order valence-electron chi connectivity index (χ2n) is 6.97. The van der Waals surface area contributed by atoms with E-state index in [0.29, 0.717) is 5.54 Å². The molecule has 0 aromatic carbocycles. The van der Waals surface area contributed by atoms with Crippen molar-refractivity contribution in [2.75, 3.05) is 19.6 Å². The summed E-state index contributed by atoms with van der Waals surface area (Å²) >= 11 is 0. The van der Waals surface area contributed by atoms with Gasteiger partial charge in [0, 0.05) is 31.2 Å². The average Bonchev–Trinajstić information content (AvgIpc) is 2.40. The molecule has 1 aliphatic heterocycles. The summed E-state index contributed by atoms with van der Waals surface area (Å²) < 4.78 is 0. The van der Waals surface area contributed by atoms with Crippen LogP contribution in [0, 0.1) is 5.92 Å².